The molecule has 0 radical (unpaired) electrons. The number of hydrogen-bond donors (Lipinski definition) is 1. The first-order chi connectivity index (χ1) is 14.6. The van der Waals surface area contributed by atoms with Crippen LogP contribution in [0.2, 0.25) is 0 Å². The number of carbonyl (C=O) groups is 2. The number of amides is 2. The number of methoxy groups -OCH3 is 2. The fourth-order valence-corrected chi connectivity index (χ4v) is 4.33. The summed E-state index contributed by atoms with van der Waals surface area (Å²) >= 11 is 0. The monoisotopic (exact) mass is 418 g/mol. The lowest BCUT2D eigenvalue weighted by Gasteiger charge is -2.35. The van der Waals surface area contributed by atoms with Gasteiger partial charge in [0.15, 0.2) is 0 Å². The number of aromatic nitrogens is 1. The molecule has 1 aromatic rings. The van der Waals surface area contributed by atoms with Crippen LogP contribution >= 0.6 is 0 Å². The molecular formula is C22H34N4O4. The van der Waals surface area contributed by atoms with E-state index in [1.165, 1.54) is 27.1 Å². The number of ether oxygens (including phenoxy) is 2. The summed E-state index contributed by atoms with van der Waals surface area (Å²) in [6.45, 7) is 3.89. The summed E-state index contributed by atoms with van der Waals surface area (Å²) in [7, 11) is 3.03. The van der Waals surface area contributed by atoms with E-state index >= 15 is 0 Å². The smallest absolute Gasteiger partial charge is 0.259 e. The van der Waals surface area contributed by atoms with Gasteiger partial charge in [-0.3, -0.25) is 14.5 Å². The van der Waals surface area contributed by atoms with Crippen LogP contribution in [0.3, 0.4) is 0 Å². The van der Waals surface area contributed by atoms with Crippen molar-refractivity contribution in [1.82, 2.24) is 20.1 Å². The molecule has 2 fully saturated rings. The molecule has 2 saturated heterocycles. The molecule has 3 rings (SSSR count). The van der Waals surface area contributed by atoms with E-state index in [0.29, 0.717) is 43.5 Å². The molecule has 2 amide bonds. The second kappa shape index (κ2) is 11.2. The van der Waals surface area contributed by atoms with Gasteiger partial charge in [-0.05, 0) is 51.3 Å². The van der Waals surface area contributed by atoms with Gasteiger partial charge in [-0.15, -0.1) is 0 Å². The average molecular weight is 419 g/mol. The van der Waals surface area contributed by atoms with E-state index in [1.54, 1.807) is 12.1 Å². The second-order valence-electron chi connectivity index (χ2n) is 8.00. The molecule has 1 N–H and O–H groups in total. The Hall–Kier alpha value is -2.35. The van der Waals surface area contributed by atoms with Gasteiger partial charge in [-0.1, -0.05) is 6.42 Å². The molecular weight excluding hydrogens is 384 g/mol. The molecule has 0 aromatic carbocycles. The molecule has 1 atom stereocenters. The van der Waals surface area contributed by atoms with Crippen LogP contribution in [0, 0.1) is 0 Å². The highest BCUT2D eigenvalue weighted by Gasteiger charge is 2.25. The van der Waals surface area contributed by atoms with Crippen LogP contribution in [0.1, 0.15) is 55.3 Å². The minimum Gasteiger partial charge on any atom is -0.481 e. The maximum atomic E-state index is 13.2. The highest BCUT2D eigenvalue weighted by molar-refractivity contribution is 5.96. The van der Waals surface area contributed by atoms with Gasteiger partial charge in [0.2, 0.25) is 17.7 Å². The van der Waals surface area contributed by atoms with Crippen molar-refractivity contribution in [1.29, 1.82) is 0 Å². The van der Waals surface area contributed by atoms with Gasteiger partial charge in [-0.25, -0.2) is 0 Å². The molecule has 2 aliphatic rings. The first-order valence-corrected chi connectivity index (χ1v) is 11.0. The second-order valence-corrected chi connectivity index (χ2v) is 8.00. The van der Waals surface area contributed by atoms with Crippen molar-refractivity contribution < 1.29 is 19.1 Å². The Balaban J connectivity index is 1.69. The highest BCUT2D eigenvalue weighted by atomic mass is 16.5. The maximum absolute atomic E-state index is 13.2. The summed E-state index contributed by atoms with van der Waals surface area (Å²) in [5, 5.41) is 3.03. The lowest BCUT2D eigenvalue weighted by Crippen LogP contribution is -2.43. The van der Waals surface area contributed by atoms with E-state index in [9.17, 15) is 9.59 Å². The molecule has 1 aromatic heterocycles. The molecule has 8 nitrogen and oxygen atoms in total. The zero-order valence-corrected chi connectivity index (χ0v) is 18.2. The van der Waals surface area contributed by atoms with Gasteiger partial charge in [0.05, 0.1) is 14.2 Å². The van der Waals surface area contributed by atoms with E-state index in [0.717, 1.165) is 38.8 Å². The number of hydrogen-bond acceptors (Lipinski definition) is 6. The third-order valence-electron chi connectivity index (χ3n) is 5.98. The summed E-state index contributed by atoms with van der Waals surface area (Å²) in [5.74, 6) is 0.697. The number of piperidine rings is 1. The van der Waals surface area contributed by atoms with Crippen molar-refractivity contribution in [2.75, 3.05) is 46.9 Å². The van der Waals surface area contributed by atoms with Gasteiger partial charge in [0.25, 0.3) is 5.91 Å². The number of rotatable bonds is 3. The quantitative estimate of drug-likeness (QED) is 0.809. The lowest BCUT2D eigenvalue weighted by molar-refractivity contribution is -0.122. The Kier molecular flexibility index (Phi) is 8.30. The minimum atomic E-state index is -0.0981. The van der Waals surface area contributed by atoms with Crippen LogP contribution in [0.4, 0.5) is 0 Å². The summed E-state index contributed by atoms with van der Waals surface area (Å²) in [4.78, 5) is 34.1. The Bertz CT molecular complexity index is 727. The summed E-state index contributed by atoms with van der Waals surface area (Å²) in [6.07, 6.45) is 6.75. The van der Waals surface area contributed by atoms with Gasteiger partial charge in [0, 0.05) is 38.2 Å². The normalized spacial score (nSPS) is 22.0. The first kappa shape index (κ1) is 22.3. The standard InChI is InChI=1S/C22H34N4O4/c1-29-20-10-9-18(21(24-20)30-2)22(28)26-14-6-5-13-25-12-4-3-8-17(25)16-19(27)23-11-7-15-26/h9-10,17H,3-8,11-16H2,1-2H3,(H,23,27). The average Bonchev–Trinajstić information content (AvgIpc) is 2.79. The molecule has 0 spiro atoms. The zero-order valence-electron chi connectivity index (χ0n) is 18.2. The molecule has 30 heavy (non-hydrogen) atoms. The van der Waals surface area contributed by atoms with Crippen molar-refractivity contribution in [2.45, 2.75) is 51.0 Å². The fourth-order valence-electron chi connectivity index (χ4n) is 4.33. The van der Waals surface area contributed by atoms with Crippen molar-refractivity contribution in [3.8, 4) is 11.8 Å². The maximum Gasteiger partial charge on any atom is 0.259 e. The molecule has 0 aliphatic carbocycles. The molecule has 3 heterocycles. The van der Waals surface area contributed by atoms with E-state index in [1.807, 2.05) is 4.90 Å². The topological polar surface area (TPSA) is 84.0 Å². The van der Waals surface area contributed by atoms with E-state index in [-0.39, 0.29) is 17.7 Å². The van der Waals surface area contributed by atoms with Crippen LogP contribution < -0.4 is 14.8 Å². The number of pyridine rings is 1. The van der Waals surface area contributed by atoms with Gasteiger partial charge in [0.1, 0.15) is 5.56 Å². The Labute approximate surface area is 178 Å². The predicted molar refractivity (Wildman–Crippen MR) is 114 cm³/mol. The van der Waals surface area contributed by atoms with Crippen LogP contribution in [-0.2, 0) is 4.79 Å². The third kappa shape index (κ3) is 5.84. The van der Waals surface area contributed by atoms with Gasteiger partial charge < -0.3 is 19.7 Å². The lowest BCUT2D eigenvalue weighted by atomic mass is 9.98. The Morgan fingerprint density at radius 2 is 1.77 bits per heavy atom. The number of fused-ring (bicyclic) bond motifs is 1. The van der Waals surface area contributed by atoms with E-state index < -0.39 is 0 Å². The summed E-state index contributed by atoms with van der Waals surface area (Å²) < 4.78 is 10.5. The van der Waals surface area contributed by atoms with Crippen LogP contribution in [0.5, 0.6) is 11.8 Å². The van der Waals surface area contributed by atoms with Gasteiger partial charge in [-0.2, -0.15) is 4.98 Å². The predicted octanol–water partition coefficient (Wildman–Crippen LogP) is 2.09. The molecule has 166 valence electrons. The Morgan fingerprint density at radius 1 is 1.03 bits per heavy atom. The summed E-state index contributed by atoms with van der Waals surface area (Å²) in [6, 6.07) is 3.73. The SMILES string of the molecule is COc1ccc(C(=O)N2CCCCN3CCCCC3CC(=O)NCCC2)c(OC)n1. The van der Waals surface area contributed by atoms with Crippen LogP contribution in [0.15, 0.2) is 12.1 Å². The molecule has 1 unspecified atom stereocenters. The first-order valence-electron chi connectivity index (χ1n) is 11.0. The molecule has 2 aliphatic heterocycles. The van der Waals surface area contributed by atoms with Crippen molar-refractivity contribution >= 4 is 11.8 Å². The van der Waals surface area contributed by atoms with Crippen molar-refractivity contribution in [3.63, 3.8) is 0 Å². The van der Waals surface area contributed by atoms with Crippen LogP contribution in [0.25, 0.3) is 0 Å². The number of nitrogens with one attached hydrogen (secondary N) is 1. The van der Waals surface area contributed by atoms with Gasteiger partial charge >= 0.3 is 0 Å². The zero-order chi connectivity index (χ0) is 21.3. The molecule has 0 saturated carbocycles. The van der Waals surface area contributed by atoms with Crippen molar-refractivity contribution in [3.05, 3.63) is 17.7 Å². The molecule has 0 bridgehead atoms. The number of nitrogens with zero attached hydrogens (tertiary/aromatic N) is 3. The number of carbonyl (C=O) groups excluding carboxylic acids is 2. The Morgan fingerprint density at radius 3 is 2.53 bits per heavy atom. The van der Waals surface area contributed by atoms with E-state index in [2.05, 4.69) is 15.2 Å². The largest absolute Gasteiger partial charge is 0.481 e. The van der Waals surface area contributed by atoms with E-state index in [4.69, 9.17) is 9.47 Å². The fraction of sp³-hybridized carbons (Fsp3) is 0.682. The highest BCUT2D eigenvalue weighted by Crippen LogP contribution is 2.23. The van der Waals surface area contributed by atoms with Crippen molar-refractivity contribution in [2.24, 2.45) is 0 Å². The third-order valence-corrected chi connectivity index (χ3v) is 5.98. The molecule has 8 heteroatoms. The van der Waals surface area contributed by atoms with Crippen LogP contribution in [-0.4, -0.2) is 79.6 Å². The minimum absolute atomic E-state index is 0.0981. The summed E-state index contributed by atoms with van der Waals surface area (Å²) in [5.41, 5.74) is 0.433.